The maximum absolute atomic E-state index is 12.1. The fourth-order valence-electron chi connectivity index (χ4n) is 2.48. The largest absolute Gasteiger partial charge is 0.493 e. The molecule has 6 heteroatoms. The minimum Gasteiger partial charge on any atom is -0.493 e. The summed E-state index contributed by atoms with van der Waals surface area (Å²) in [5, 5.41) is 0. The SMILES string of the molecule is C=CCc1cc(C=C2C(=O)OC(C)(C)OC2=O)cc(OC)c1OCC. The molecule has 0 amide bonds. The molecule has 1 saturated heterocycles. The monoisotopic (exact) mass is 346 g/mol. The molecule has 0 aromatic heterocycles. The van der Waals surface area contributed by atoms with Crippen molar-refractivity contribution >= 4 is 18.0 Å². The highest BCUT2D eigenvalue weighted by Gasteiger charge is 2.38. The van der Waals surface area contributed by atoms with E-state index in [1.807, 2.05) is 13.0 Å². The van der Waals surface area contributed by atoms with Crippen molar-refractivity contribution in [2.75, 3.05) is 13.7 Å². The number of hydrogen-bond donors (Lipinski definition) is 0. The maximum Gasteiger partial charge on any atom is 0.348 e. The van der Waals surface area contributed by atoms with Crippen molar-refractivity contribution in [1.82, 2.24) is 0 Å². The normalized spacial score (nSPS) is 15.9. The van der Waals surface area contributed by atoms with Gasteiger partial charge < -0.3 is 18.9 Å². The predicted octanol–water partition coefficient (Wildman–Crippen LogP) is 3.04. The number of carbonyl (C=O) groups excluding carboxylic acids is 2. The molecule has 1 aromatic carbocycles. The first kappa shape index (κ1) is 18.6. The van der Waals surface area contributed by atoms with Crippen molar-refractivity contribution in [3.8, 4) is 11.5 Å². The Hall–Kier alpha value is -2.76. The minimum absolute atomic E-state index is 0.171. The molecule has 0 spiro atoms. The summed E-state index contributed by atoms with van der Waals surface area (Å²) in [4.78, 5) is 24.2. The number of esters is 2. The molecule has 1 fully saturated rings. The van der Waals surface area contributed by atoms with Crippen LogP contribution in [0.4, 0.5) is 0 Å². The summed E-state index contributed by atoms with van der Waals surface area (Å²) in [6.45, 7) is 9.10. The number of hydrogen-bond acceptors (Lipinski definition) is 6. The first-order valence-corrected chi connectivity index (χ1v) is 7.94. The number of ether oxygens (including phenoxy) is 4. The first-order valence-electron chi connectivity index (χ1n) is 7.94. The molecule has 0 saturated carbocycles. The highest BCUT2D eigenvalue weighted by atomic mass is 16.7. The number of benzene rings is 1. The number of methoxy groups -OCH3 is 1. The molecule has 0 radical (unpaired) electrons. The van der Waals surface area contributed by atoms with Gasteiger partial charge in [0.05, 0.1) is 13.7 Å². The van der Waals surface area contributed by atoms with Gasteiger partial charge in [-0.25, -0.2) is 9.59 Å². The zero-order valence-corrected chi connectivity index (χ0v) is 14.9. The van der Waals surface area contributed by atoms with E-state index in [1.54, 1.807) is 12.1 Å². The molecular formula is C19H22O6. The average molecular weight is 346 g/mol. The molecule has 1 aliphatic heterocycles. The van der Waals surface area contributed by atoms with Crippen LogP contribution in [0.3, 0.4) is 0 Å². The van der Waals surface area contributed by atoms with Crippen LogP contribution in [0.1, 0.15) is 31.9 Å². The third kappa shape index (κ3) is 4.21. The molecule has 1 heterocycles. The molecule has 0 aliphatic carbocycles. The molecule has 134 valence electrons. The average Bonchev–Trinajstić information content (AvgIpc) is 2.52. The summed E-state index contributed by atoms with van der Waals surface area (Å²) in [6, 6.07) is 3.49. The lowest BCUT2D eigenvalue weighted by Crippen LogP contribution is -2.41. The molecule has 0 bridgehead atoms. The maximum atomic E-state index is 12.1. The summed E-state index contributed by atoms with van der Waals surface area (Å²) < 4.78 is 21.2. The predicted molar refractivity (Wildman–Crippen MR) is 92.3 cm³/mol. The Labute approximate surface area is 147 Å². The third-order valence-corrected chi connectivity index (χ3v) is 3.45. The zero-order chi connectivity index (χ0) is 18.6. The number of carbonyl (C=O) groups is 2. The Morgan fingerprint density at radius 2 is 1.84 bits per heavy atom. The van der Waals surface area contributed by atoms with Crippen LogP contribution in [0, 0.1) is 0 Å². The summed E-state index contributed by atoms with van der Waals surface area (Å²) in [6.07, 6.45) is 3.70. The molecule has 25 heavy (non-hydrogen) atoms. The molecule has 1 aromatic rings. The quantitative estimate of drug-likeness (QED) is 0.341. The van der Waals surface area contributed by atoms with E-state index in [2.05, 4.69) is 6.58 Å². The van der Waals surface area contributed by atoms with Crippen LogP contribution in [0.5, 0.6) is 11.5 Å². The van der Waals surface area contributed by atoms with Crippen molar-refractivity contribution in [2.45, 2.75) is 33.0 Å². The molecule has 0 N–H and O–H groups in total. The van der Waals surface area contributed by atoms with Gasteiger partial charge in [0.25, 0.3) is 5.79 Å². The third-order valence-electron chi connectivity index (χ3n) is 3.45. The van der Waals surface area contributed by atoms with E-state index in [9.17, 15) is 9.59 Å². The number of cyclic esters (lactones) is 2. The summed E-state index contributed by atoms with van der Waals surface area (Å²) >= 11 is 0. The molecule has 0 unspecified atom stereocenters. The smallest absolute Gasteiger partial charge is 0.348 e. The van der Waals surface area contributed by atoms with Gasteiger partial charge in [-0.2, -0.15) is 0 Å². The summed E-state index contributed by atoms with van der Waals surface area (Å²) in [5.41, 5.74) is 1.26. The second kappa shape index (κ2) is 7.42. The second-order valence-corrected chi connectivity index (χ2v) is 5.87. The topological polar surface area (TPSA) is 71.1 Å². The van der Waals surface area contributed by atoms with Crippen LogP contribution >= 0.6 is 0 Å². The highest BCUT2D eigenvalue weighted by Crippen LogP contribution is 2.35. The van der Waals surface area contributed by atoms with E-state index in [-0.39, 0.29) is 5.57 Å². The van der Waals surface area contributed by atoms with E-state index >= 15 is 0 Å². The van der Waals surface area contributed by atoms with E-state index in [4.69, 9.17) is 18.9 Å². The lowest BCUT2D eigenvalue weighted by Gasteiger charge is -2.29. The fraction of sp³-hybridized carbons (Fsp3) is 0.368. The van der Waals surface area contributed by atoms with Crippen LogP contribution in [-0.4, -0.2) is 31.4 Å². The van der Waals surface area contributed by atoms with Crippen molar-refractivity contribution in [3.05, 3.63) is 41.5 Å². The van der Waals surface area contributed by atoms with Gasteiger partial charge in [-0.3, -0.25) is 0 Å². The second-order valence-electron chi connectivity index (χ2n) is 5.87. The molecular weight excluding hydrogens is 324 g/mol. The van der Waals surface area contributed by atoms with E-state index < -0.39 is 17.7 Å². The van der Waals surface area contributed by atoms with Crippen LogP contribution in [0.25, 0.3) is 6.08 Å². The first-order chi connectivity index (χ1) is 11.8. The van der Waals surface area contributed by atoms with Gasteiger partial charge in [0, 0.05) is 19.4 Å². The van der Waals surface area contributed by atoms with Crippen LogP contribution in [0.15, 0.2) is 30.4 Å². The fourth-order valence-corrected chi connectivity index (χ4v) is 2.48. The van der Waals surface area contributed by atoms with Crippen molar-refractivity contribution in [2.24, 2.45) is 0 Å². The standard InChI is InChI=1S/C19H22O6/c1-6-8-13-9-12(11-15(22-5)16(13)23-7-2)10-14-17(20)24-19(3,4)25-18(14)21/h6,9-11H,1,7-8H2,2-5H3. The van der Waals surface area contributed by atoms with Crippen LogP contribution in [-0.2, 0) is 25.5 Å². The highest BCUT2D eigenvalue weighted by molar-refractivity contribution is 6.18. The van der Waals surface area contributed by atoms with E-state index in [0.29, 0.717) is 30.1 Å². The Bertz CT molecular complexity index is 708. The Kier molecular flexibility index (Phi) is 5.51. The summed E-state index contributed by atoms with van der Waals surface area (Å²) in [7, 11) is 1.53. The number of rotatable bonds is 6. The lowest BCUT2D eigenvalue weighted by molar-refractivity contribution is -0.222. The van der Waals surface area contributed by atoms with Crippen molar-refractivity contribution in [3.63, 3.8) is 0 Å². The molecule has 1 aliphatic rings. The van der Waals surface area contributed by atoms with E-state index in [1.165, 1.54) is 27.0 Å². The van der Waals surface area contributed by atoms with Crippen molar-refractivity contribution in [1.29, 1.82) is 0 Å². The van der Waals surface area contributed by atoms with Crippen molar-refractivity contribution < 1.29 is 28.5 Å². The van der Waals surface area contributed by atoms with Gasteiger partial charge in [-0.05, 0) is 37.1 Å². The van der Waals surface area contributed by atoms with Crippen LogP contribution in [0.2, 0.25) is 0 Å². The molecule has 2 rings (SSSR count). The zero-order valence-electron chi connectivity index (χ0n) is 14.9. The molecule has 0 atom stereocenters. The van der Waals surface area contributed by atoms with E-state index in [0.717, 1.165) is 5.56 Å². The lowest BCUT2D eigenvalue weighted by atomic mass is 10.0. The van der Waals surface area contributed by atoms with Gasteiger partial charge in [0.15, 0.2) is 11.5 Å². The molecule has 6 nitrogen and oxygen atoms in total. The minimum atomic E-state index is -1.27. The van der Waals surface area contributed by atoms with Crippen LogP contribution < -0.4 is 9.47 Å². The number of allylic oxidation sites excluding steroid dienone is 1. The van der Waals surface area contributed by atoms with Gasteiger partial charge in [0.1, 0.15) is 5.57 Å². The van der Waals surface area contributed by atoms with Gasteiger partial charge in [-0.15, -0.1) is 6.58 Å². The summed E-state index contributed by atoms with van der Waals surface area (Å²) in [5.74, 6) is -1.60. The van der Waals surface area contributed by atoms with Gasteiger partial charge in [-0.1, -0.05) is 6.08 Å². The Morgan fingerprint density at radius 1 is 1.20 bits per heavy atom. The van der Waals surface area contributed by atoms with Gasteiger partial charge >= 0.3 is 11.9 Å². The Balaban J connectivity index is 2.48. The van der Waals surface area contributed by atoms with Gasteiger partial charge in [0.2, 0.25) is 0 Å². The Morgan fingerprint density at radius 3 is 2.36 bits per heavy atom.